The predicted molar refractivity (Wildman–Crippen MR) is 121 cm³/mol. The number of halogens is 2. The van der Waals surface area contributed by atoms with Crippen LogP contribution in [0, 0.1) is 5.82 Å². The molecule has 0 spiro atoms. The summed E-state index contributed by atoms with van der Waals surface area (Å²) in [5.41, 5.74) is 5.56. The third-order valence-electron chi connectivity index (χ3n) is 4.00. The molecule has 0 saturated carbocycles. The number of nitrogens with zero attached hydrogens (tertiary/aromatic N) is 1. The van der Waals surface area contributed by atoms with Crippen LogP contribution in [0.5, 0.6) is 0 Å². The van der Waals surface area contributed by atoms with Gasteiger partial charge < -0.3 is 0 Å². The van der Waals surface area contributed by atoms with Crippen LogP contribution >= 0.6 is 39.9 Å². The molecule has 1 aliphatic heterocycles. The van der Waals surface area contributed by atoms with Crippen LogP contribution in [0.2, 0.25) is 0 Å². The fraction of sp³-hybridized carbons (Fsp3) is 0.100. The zero-order valence-electron chi connectivity index (χ0n) is 15.4. The molecule has 1 saturated heterocycles. The van der Waals surface area contributed by atoms with Gasteiger partial charge in [0.2, 0.25) is 5.91 Å². The Kier molecular flexibility index (Phi) is 7.35. The largest absolute Gasteiger partial charge is 0.292 e. The highest BCUT2D eigenvalue weighted by molar-refractivity contribution is 9.10. The minimum absolute atomic E-state index is 0.0553. The van der Waals surface area contributed by atoms with Crippen molar-refractivity contribution in [1.29, 1.82) is 0 Å². The zero-order valence-corrected chi connectivity index (χ0v) is 18.6. The first-order valence-electron chi connectivity index (χ1n) is 8.69. The Balaban J connectivity index is 1.52. The van der Waals surface area contributed by atoms with Crippen molar-refractivity contribution in [2.45, 2.75) is 6.42 Å². The van der Waals surface area contributed by atoms with E-state index in [0.29, 0.717) is 9.23 Å². The highest BCUT2D eigenvalue weighted by atomic mass is 79.9. The molecule has 0 atom stereocenters. The molecule has 2 aromatic rings. The van der Waals surface area contributed by atoms with Crippen LogP contribution in [0.4, 0.5) is 4.39 Å². The molecule has 0 aromatic heterocycles. The monoisotopic (exact) mass is 507 g/mol. The number of hydrogen-bond acceptors (Lipinski definition) is 5. The van der Waals surface area contributed by atoms with E-state index in [1.54, 1.807) is 6.08 Å². The molecular weight excluding hydrogens is 493 g/mol. The summed E-state index contributed by atoms with van der Waals surface area (Å²) >= 11 is 9.81. The van der Waals surface area contributed by atoms with Gasteiger partial charge in [0.1, 0.15) is 10.1 Å². The van der Waals surface area contributed by atoms with Gasteiger partial charge in [0.15, 0.2) is 0 Å². The number of benzene rings is 2. The van der Waals surface area contributed by atoms with Gasteiger partial charge in [0, 0.05) is 23.0 Å². The third-order valence-corrected chi connectivity index (χ3v) is 5.88. The van der Waals surface area contributed by atoms with Crippen LogP contribution in [0.1, 0.15) is 22.3 Å². The van der Waals surface area contributed by atoms with Gasteiger partial charge in [0.05, 0.1) is 4.91 Å². The van der Waals surface area contributed by atoms with Crippen molar-refractivity contribution in [1.82, 2.24) is 15.8 Å². The summed E-state index contributed by atoms with van der Waals surface area (Å²) in [6.07, 6.45) is 1.69. The van der Waals surface area contributed by atoms with Crippen molar-refractivity contribution in [3.05, 3.63) is 74.9 Å². The molecule has 154 valence electrons. The molecule has 0 unspecified atom stereocenters. The molecule has 30 heavy (non-hydrogen) atoms. The Morgan fingerprint density at radius 2 is 1.90 bits per heavy atom. The van der Waals surface area contributed by atoms with Crippen LogP contribution in [0.15, 0.2) is 57.9 Å². The second kappa shape index (κ2) is 9.96. The van der Waals surface area contributed by atoms with Crippen molar-refractivity contribution >= 4 is 68.0 Å². The lowest BCUT2D eigenvalue weighted by Crippen LogP contribution is -2.43. The van der Waals surface area contributed by atoms with E-state index in [-0.39, 0.29) is 24.4 Å². The molecule has 1 aliphatic rings. The summed E-state index contributed by atoms with van der Waals surface area (Å²) in [5, 5.41) is 0. The number of rotatable bonds is 5. The van der Waals surface area contributed by atoms with Gasteiger partial charge in [0.25, 0.3) is 11.8 Å². The van der Waals surface area contributed by atoms with E-state index >= 15 is 0 Å². The van der Waals surface area contributed by atoms with Gasteiger partial charge in [-0.05, 0) is 48.0 Å². The number of hydrazine groups is 1. The number of thioether (sulfide) groups is 1. The number of thiocarbonyl (C=S) groups is 1. The lowest BCUT2D eigenvalue weighted by atomic mass is 10.2. The van der Waals surface area contributed by atoms with Crippen LogP contribution < -0.4 is 10.9 Å². The van der Waals surface area contributed by atoms with E-state index in [2.05, 4.69) is 26.8 Å². The lowest BCUT2D eigenvalue weighted by molar-refractivity contribution is -0.124. The predicted octanol–water partition coefficient (Wildman–Crippen LogP) is 3.64. The Labute approximate surface area is 190 Å². The quantitative estimate of drug-likeness (QED) is 0.367. The van der Waals surface area contributed by atoms with Crippen LogP contribution in [-0.2, 0) is 9.59 Å². The first-order valence-corrected chi connectivity index (χ1v) is 10.7. The van der Waals surface area contributed by atoms with E-state index in [1.165, 1.54) is 28.8 Å². The normalized spacial score (nSPS) is 14.9. The Morgan fingerprint density at radius 3 is 2.60 bits per heavy atom. The SMILES string of the molecule is O=C(CCN1C(=O)C(=Cc2cccc(Br)c2)SC1=S)NNC(=O)c1ccc(F)cc1. The van der Waals surface area contributed by atoms with E-state index in [9.17, 15) is 18.8 Å². The summed E-state index contributed by atoms with van der Waals surface area (Å²) in [7, 11) is 0. The summed E-state index contributed by atoms with van der Waals surface area (Å²) in [6, 6.07) is 12.4. The van der Waals surface area contributed by atoms with Crippen LogP contribution in [0.3, 0.4) is 0 Å². The molecule has 0 radical (unpaired) electrons. The average Bonchev–Trinajstić information content (AvgIpc) is 2.97. The first-order chi connectivity index (χ1) is 14.3. The second-order valence-corrected chi connectivity index (χ2v) is 8.74. The van der Waals surface area contributed by atoms with E-state index < -0.39 is 17.6 Å². The third kappa shape index (κ3) is 5.74. The fourth-order valence-electron chi connectivity index (χ4n) is 2.52. The Hall–Kier alpha value is -2.56. The Morgan fingerprint density at radius 1 is 1.17 bits per heavy atom. The van der Waals surface area contributed by atoms with Gasteiger partial charge in [-0.3, -0.25) is 30.1 Å². The summed E-state index contributed by atoms with van der Waals surface area (Å²) in [4.78, 5) is 38.4. The van der Waals surface area contributed by atoms with Crippen molar-refractivity contribution in [3.8, 4) is 0 Å². The van der Waals surface area contributed by atoms with Crippen molar-refractivity contribution < 1.29 is 18.8 Å². The second-order valence-electron chi connectivity index (χ2n) is 6.15. The zero-order chi connectivity index (χ0) is 21.7. The highest BCUT2D eigenvalue weighted by Gasteiger charge is 2.32. The molecule has 6 nitrogen and oxygen atoms in total. The van der Waals surface area contributed by atoms with Gasteiger partial charge in [-0.2, -0.15) is 0 Å². The fourth-order valence-corrected chi connectivity index (χ4v) is 4.24. The number of carbonyl (C=O) groups is 3. The number of carbonyl (C=O) groups excluding carboxylic acids is 3. The molecule has 2 aromatic carbocycles. The molecule has 10 heteroatoms. The number of amides is 3. The highest BCUT2D eigenvalue weighted by Crippen LogP contribution is 2.32. The summed E-state index contributed by atoms with van der Waals surface area (Å²) < 4.78 is 14.2. The van der Waals surface area contributed by atoms with Crippen molar-refractivity contribution in [2.75, 3.05) is 6.54 Å². The molecule has 3 rings (SSSR count). The first kappa shape index (κ1) is 22.1. The minimum atomic E-state index is -0.578. The van der Waals surface area contributed by atoms with E-state index in [4.69, 9.17) is 12.2 Å². The van der Waals surface area contributed by atoms with E-state index in [1.807, 2.05) is 24.3 Å². The van der Waals surface area contributed by atoms with Gasteiger partial charge in [-0.1, -0.05) is 52.0 Å². The standard InChI is InChI=1S/C20H15BrFN3O3S2/c21-14-3-1-2-12(10-14)11-16-19(28)25(20(29)30-16)9-8-17(26)23-24-18(27)13-4-6-15(22)7-5-13/h1-7,10-11H,8-9H2,(H,23,26)(H,24,27). The average molecular weight is 508 g/mol. The summed E-state index contributed by atoms with van der Waals surface area (Å²) in [6.45, 7) is 0.0821. The molecule has 0 bridgehead atoms. The molecule has 3 amide bonds. The maximum absolute atomic E-state index is 12.9. The molecule has 0 aliphatic carbocycles. The lowest BCUT2D eigenvalue weighted by Gasteiger charge is -2.14. The molecule has 1 fully saturated rings. The molecule has 2 N–H and O–H groups in total. The number of nitrogens with one attached hydrogen (secondary N) is 2. The van der Waals surface area contributed by atoms with Gasteiger partial charge in [-0.25, -0.2) is 4.39 Å². The van der Waals surface area contributed by atoms with E-state index in [0.717, 1.165) is 22.2 Å². The summed E-state index contributed by atoms with van der Waals surface area (Å²) in [5.74, 6) is -1.80. The van der Waals surface area contributed by atoms with Crippen molar-refractivity contribution in [2.24, 2.45) is 0 Å². The van der Waals surface area contributed by atoms with Gasteiger partial charge in [-0.15, -0.1) is 0 Å². The smallest absolute Gasteiger partial charge is 0.269 e. The maximum atomic E-state index is 12.9. The maximum Gasteiger partial charge on any atom is 0.269 e. The Bertz CT molecular complexity index is 1040. The van der Waals surface area contributed by atoms with Crippen LogP contribution in [0.25, 0.3) is 6.08 Å². The molecular formula is C20H15BrFN3O3S2. The minimum Gasteiger partial charge on any atom is -0.292 e. The van der Waals surface area contributed by atoms with Crippen LogP contribution in [-0.4, -0.2) is 33.5 Å². The topological polar surface area (TPSA) is 78.5 Å². The van der Waals surface area contributed by atoms with Crippen molar-refractivity contribution in [3.63, 3.8) is 0 Å². The number of hydrogen-bond donors (Lipinski definition) is 2. The molecule has 1 heterocycles. The van der Waals surface area contributed by atoms with Gasteiger partial charge >= 0.3 is 0 Å².